The molecule has 3 rings (SSSR count). The summed E-state index contributed by atoms with van der Waals surface area (Å²) in [5.74, 6) is -13.8. The summed E-state index contributed by atoms with van der Waals surface area (Å²) in [5.41, 5.74) is 0.666. The van der Waals surface area contributed by atoms with Gasteiger partial charge in [0.1, 0.15) is 66.5 Å². The Bertz CT molecular complexity index is 2810. The number of carbonyl (C=O) groups is 12. The highest BCUT2D eigenvalue weighted by molar-refractivity contribution is 6.00. The lowest BCUT2D eigenvalue weighted by Crippen LogP contribution is -2.63. The van der Waals surface area contributed by atoms with E-state index >= 15 is 0 Å². The van der Waals surface area contributed by atoms with E-state index in [1.807, 2.05) is 0 Å². The van der Waals surface area contributed by atoms with E-state index in [-0.39, 0.29) is 43.9 Å². The van der Waals surface area contributed by atoms with Crippen molar-refractivity contribution < 1.29 is 83.1 Å². The number of aromatic nitrogens is 4. The predicted molar refractivity (Wildman–Crippen MR) is 339 cm³/mol. The lowest BCUT2D eigenvalue weighted by Gasteiger charge is -2.31. The summed E-state index contributed by atoms with van der Waals surface area (Å²) >= 11 is 0. The Morgan fingerprint density at radius 2 is 0.798 bits per heavy atom. The van der Waals surface area contributed by atoms with E-state index < -0.39 is 186 Å². The Morgan fingerprint density at radius 3 is 1.17 bits per heavy atom. The van der Waals surface area contributed by atoms with Gasteiger partial charge in [-0.05, 0) is 82.6 Å². The number of nitrogens with one attached hydrogen (secondary N) is 14. The molecule has 0 saturated carbocycles. The van der Waals surface area contributed by atoms with E-state index in [0.29, 0.717) is 30.8 Å². The minimum absolute atomic E-state index is 0.00294. The van der Waals surface area contributed by atoms with Crippen molar-refractivity contribution in [3.63, 3.8) is 0 Å². The van der Waals surface area contributed by atoms with E-state index in [0.717, 1.165) is 6.42 Å². The molecule has 1 aliphatic rings. The Labute approximate surface area is 547 Å². The van der Waals surface area contributed by atoms with Gasteiger partial charge in [-0.2, -0.15) is 0 Å². The summed E-state index contributed by atoms with van der Waals surface area (Å²) in [4.78, 5) is 179. The van der Waals surface area contributed by atoms with Gasteiger partial charge in [0, 0.05) is 36.6 Å². The Balaban J connectivity index is 1.86. The first-order chi connectivity index (χ1) is 44.1. The average Bonchev–Trinajstić information content (AvgIpc) is 1.23. The Morgan fingerprint density at radius 1 is 0.457 bits per heavy atom. The molecule has 11 amide bonds. The number of amides is 11. The second-order valence-corrected chi connectivity index (χ2v) is 25.5. The van der Waals surface area contributed by atoms with Gasteiger partial charge in [-0.1, -0.05) is 82.1 Å². The molecule has 3 heterocycles. The van der Waals surface area contributed by atoms with Gasteiger partial charge in [-0.3, -0.25) is 52.7 Å². The Kier molecular flexibility index (Phi) is 33.1. The fraction of sp³-hybridized carbons (Fsp3) is 0.705. The minimum atomic E-state index is -1.79. The number of imidazole rings is 2. The molecule has 33 heteroatoms. The average molecular weight is 1330 g/mol. The highest BCUT2D eigenvalue weighted by Crippen LogP contribution is 2.16. The number of carbonyl (C=O) groups excluding carboxylic acids is 11. The number of aromatic amines is 2. The summed E-state index contributed by atoms with van der Waals surface area (Å²) < 4.78 is 0. The van der Waals surface area contributed by atoms with Crippen LogP contribution in [0, 0.1) is 29.6 Å². The number of H-pyrrole nitrogens is 2. The van der Waals surface area contributed by atoms with E-state index in [4.69, 9.17) is 0 Å². The van der Waals surface area contributed by atoms with Crippen LogP contribution in [-0.2, 0) is 70.4 Å². The number of carboxylic acid groups (broad SMARTS) is 1. The monoisotopic (exact) mass is 1330 g/mol. The molecule has 33 nitrogen and oxygen atoms in total. The van der Waals surface area contributed by atoms with Gasteiger partial charge in [0.25, 0.3) is 0 Å². The lowest BCUT2D eigenvalue weighted by atomic mass is 9.95. The maximum absolute atomic E-state index is 14.5. The number of aliphatic hydroxyl groups is 4. The quantitative estimate of drug-likeness (QED) is 0.0303. The van der Waals surface area contributed by atoms with Crippen LogP contribution in [-0.4, -0.2) is 220 Å². The largest absolute Gasteiger partial charge is 0.480 e. The van der Waals surface area contributed by atoms with Crippen molar-refractivity contribution in [1.29, 1.82) is 0 Å². The van der Waals surface area contributed by atoms with Crippen LogP contribution in [0.3, 0.4) is 0 Å². The minimum Gasteiger partial charge on any atom is -0.480 e. The van der Waals surface area contributed by atoms with E-state index in [9.17, 15) is 83.1 Å². The molecule has 2 aromatic rings. The topological polar surface area (TPSA) is 508 Å². The van der Waals surface area contributed by atoms with Gasteiger partial charge >= 0.3 is 5.97 Å². The number of hydrogen-bond acceptors (Lipinski definition) is 19. The highest BCUT2D eigenvalue weighted by atomic mass is 16.4. The first kappa shape index (κ1) is 80.1. The third kappa shape index (κ3) is 25.3. The summed E-state index contributed by atoms with van der Waals surface area (Å²) in [6, 6.07) is -17.3. The third-order valence-corrected chi connectivity index (χ3v) is 16.1. The molecule has 0 aliphatic carbocycles. The van der Waals surface area contributed by atoms with Crippen LogP contribution in [0.4, 0.5) is 0 Å². The summed E-state index contributed by atoms with van der Waals surface area (Å²) in [5, 5.41) is 82.9. The fourth-order valence-corrected chi connectivity index (χ4v) is 10.1. The molecule has 19 N–H and O–H groups in total. The van der Waals surface area contributed by atoms with Crippen LogP contribution >= 0.6 is 0 Å². The molecule has 0 bridgehead atoms. The molecular formula is C61H102N16O17. The second kappa shape index (κ2) is 38.9. The summed E-state index contributed by atoms with van der Waals surface area (Å²) in [6.07, 6.45) is 1.88. The van der Waals surface area contributed by atoms with Gasteiger partial charge in [0.15, 0.2) is 0 Å². The summed E-state index contributed by atoms with van der Waals surface area (Å²) in [6.45, 7) is 20.3. The smallest absolute Gasteiger partial charge is 0.326 e. The van der Waals surface area contributed by atoms with Gasteiger partial charge in [0.2, 0.25) is 65.0 Å². The molecule has 1 aliphatic heterocycles. The lowest BCUT2D eigenvalue weighted by molar-refractivity contribution is -0.144. The normalized spacial score (nSPS) is 18.2. The maximum Gasteiger partial charge on any atom is 0.326 e. The van der Waals surface area contributed by atoms with Crippen LogP contribution in [0.25, 0.3) is 0 Å². The highest BCUT2D eigenvalue weighted by Gasteiger charge is 2.40. The fourth-order valence-electron chi connectivity index (χ4n) is 10.1. The van der Waals surface area contributed by atoms with Gasteiger partial charge in [-0.25, -0.2) is 14.8 Å². The number of carboxylic acids is 1. The SMILES string of the molecule is CC[C@H](C)[C@H](NC(=O)[C@@H](NC(=O)[C@H](Cc1cnc[nH]1)NC(=O)[C@@H](NC(=O)[C@@H](NC(=O)[C@H](CC(C)C)NC(=O)[C@@H](NC(=O)[C@H](CC(C)C)NC(=O)[C@H](Cc1cnc[nH]1)NC(=O)[C@@H](NC(=O)[C@H](CO)NC(=O)[C@@H]1CCCN1)[C@@H](C)O)C(C)C)[C@@H](C)CC)[C@@H](C)O)[C@@H](C)O)C(=O)O. The molecule has 0 aromatic carbocycles. The number of aliphatic hydroxyl groups excluding tert-OH is 4. The first-order valence-corrected chi connectivity index (χ1v) is 32.0. The van der Waals surface area contributed by atoms with Crippen LogP contribution in [0.1, 0.15) is 140 Å². The number of nitrogens with zero attached hydrogens (tertiary/aromatic N) is 2. The van der Waals surface area contributed by atoms with Crippen LogP contribution < -0.4 is 63.8 Å². The van der Waals surface area contributed by atoms with Crippen molar-refractivity contribution >= 4 is 70.9 Å². The first-order valence-electron chi connectivity index (χ1n) is 32.0. The molecule has 17 atom stereocenters. The van der Waals surface area contributed by atoms with Gasteiger partial charge in [0.05, 0.1) is 43.6 Å². The van der Waals surface area contributed by atoms with Crippen molar-refractivity contribution in [3.05, 3.63) is 36.4 Å². The van der Waals surface area contributed by atoms with Gasteiger partial charge < -0.3 is 99.3 Å². The van der Waals surface area contributed by atoms with E-state index in [1.165, 1.54) is 45.8 Å². The van der Waals surface area contributed by atoms with E-state index in [2.05, 4.69) is 83.7 Å². The van der Waals surface area contributed by atoms with Crippen molar-refractivity contribution in [2.24, 2.45) is 29.6 Å². The van der Waals surface area contributed by atoms with Crippen LogP contribution in [0.2, 0.25) is 0 Å². The van der Waals surface area contributed by atoms with E-state index in [1.54, 1.807) is 69.2 Å². The molecule has 528 valence electrons. The van der Waals surface area contributed by atoms with Crippen LogP contribution in [0.5, 0.6) is 0 Å². The summed E-state index contributed by atoms with van der Waals surface area (Å²) in [7, 11) is 0. The molecule has 1 saturated heterocycles. The maximum atomic E-state index is 14.5. The molecule has 2 aromatic heterocycles. The van der Waals surface area contributed by atoms with Crippen molar-refractivity contribution in [1.82, 2.24) is 83.7 Å². The molecule has 0 unspecified atom stereocenters. The van der Waals surface area contributed by atoms with Gasteiger partial charge in [-0.15, -0.1) is 0 Å². The van der Waals surface area contributed by atoms with Crippen LogP contribution in [0.15, 0.2) is 25.0 Å². The predicted octanol–water partition coefficient (Wildman–Crippen LogP) is -3.94. The molecule has 1 fully saturated rings. The number of hydrogen-bond donors (Lipinski definition) is 19. The number of aliphatic carboxylic acids is 1. The zero-order valence-corrected chi connectivity index (χ0v) is 56.0. The zero-order chi connectivity index (χ0) is 70.8. The van der Waals surface area contributed by atoms with Crippen molar-refractivity contribution in [2.75, 3.05) is 13.2 Å². The molecule has 94 heavy (non-hydrogen) atoms. The van der Waals surface area contributed by atoms with Crippen molar-refractivity contribution in [2.45, 2.75) is 232 Å². The second-order valence-electron chi connectivity index (χ2n) is 25.5. The third-order valence-electron chi connectivity index (χ3n) is 16.1. The molecule has 0 radical (unpaired) electrons. The van der Waals surface area contributed by atoms with Crippen molar-refractivity contribution in [3.8, 4) is 0 Å². The standard InChI is InChI=1S/C61H102N16O17/c1-14-31(9)45(57(89)77-48(34(12)80)59(91)70-42(22-37-24-63-27-66-37)54(86)75-49(35(13)81)60(92)74-46(61(93)94)32(10)15-2)73-53(85)40(20-29(5)6)68-56(88)44(30(7)8)72-52(84)39(19-28(3)4)67-51(83)41(21-36-23-62-26-65-36)69-58(90)47(33(11)79)76-55(87)43(25-78)71-50(82)38-17-16-18-64-38/h23-24,26-35,38-49,64,78-81H,14-22,25H2,1-13H3,(H,62,65)(H,63,66)(H,67,83)(H,68,88)(H,69,90)(H,70,91)(H,71,82)(H,72,84)(H,73,85)(H,74,92)(H,75,86)(H,76,87)(H,77,89)(H,93,94)/t31-,32-,33+,34+,35+,38-,39-,40-,41-,42-,43-,44-,45-,46-,47-,48-,49-/m0/s1. The number of rotatable bonds is 40. The molecule has 0 spiro atoms. The zero-order valence-electron chi connectivity index (χ0n) is 56.0. The molecular weight excluding hydrogens is 1230 g/mol. The Hall–Kier alpha value is -8.14.